The Hall–Kier alpha value is -0.998. The summed E-state index contributed by atoms with van der Waals surface area (Å²) < 4.78 is 0. The van der Waals surface area contributed by atoms with Gasteiger partial charge in [-0.05, 0) is 0 Å². The molecule has 0 bridgehead atoms. The Morgan fingerprint density at radius 2 is 0.950 bits per heavy atom. The van der Waals surface area contributed by atoms with Crippen molar-refractivity contribution in [1.29, 1.82) is 0 Å². The van der Waals surface area contributed by atoms with Gasteiger partial charge in [0.15, 0.2) is 0 Å². The summed E-state index contributed by atoms with van der Waals surface area (Å²) in [4.78, 5) is 73.7. The van der Waals surface area contributed by atoms with Crippen LogP contribution in [0, 0.1) is 20.8 Å². The van der Waals surface area contributed by atoms with Crippen LogP contribution < -0.4 is 16.0 Å². The third-order valence-electron chi connectivity index (χ3n) is 4.01. The van der Waals surface area contributed by atoms with Crippen molar-refractivity contribution in [3.63, 3.8) is 0 Å². The zero-order valence-electron chi connectivity index (χ0n) is 22.2. The molecule has 0 aromatic rings. The number of hydrogen-bond donors (Lipinski definition) is 3. The molecule has 3 fully saturated rings. The summed E-state index contributed by atoms with van der Waals surface area (Å²) in [6.07, 6.45) is 3.12. The topological polar surface area (TPSA) is 215 Å². The number of carbonyl (C=O) groups excluding carboxylic acids is 7. The van der Waals surface area contributed by atoms with Gasteiger partial charge in [-0.3, -0.25) is 4.79 Å². The number of azo groups is 2. The minimum Gasteiger partial charge on any atom is -0.516 e. The average Bonchev–Trinajstić information content (AvgIpc) is 3.63. The average molecular weight is 789 g/mol. The Morgan fingerprint density at radius 1 is 0.675 bits per heavy atom. The second-order valence-electron chi connectivity index (χ2n) is 6.35. The van der Waals surface area contributed by atoms with Gasteiger partial charge in [0, 0.05) is 144 Å². The smallest absolute Gasteiger partial charge is 0.315 e. The van der Waals surface area contributed by atoms with E-state index in [9.17, 15) is 24.0 Å². The van der Waals surface area contributed by atoms with Crippen LogP contribution in [0.5, 0.6) is 0 Å². The van der Waals surface area contributed by atoms with Crippen LogP contribution in [-0.2, 0) is 117 Å². The predicted molar refractivity (Wildman–Crippen MR) is 128 cm³/mol. The maximum atomic E-state index is 10.6. The van der Waals surface area contributed by atoms with E-state index in [1.165, 1.54) is 6.92 Å². The van der Waals surface area contributed by atoms with Gasteiger partial charge in [-0.1, -0.05) is 0 Å². The summed E-state index contributed by atoms with van der Waals surface area (Å²) in [5, 5.41) is 18.4. The van der Waals surface area contributed by atoms with E-state index >= 15 is 0 Å². The predicted octanol–water partition coefficient (Wildman–Crippen LogP) is -0.845. The molecule has 0 spiro atoms. The molecule has 3 heterocycles. The molecule has 3 radical (unpaired) electrons. The maximum Gasteiger partial charge on any atom is 0.315 e. The second kappa shape index (κ2) is 34.2. The van der Waals surface area contributed by atoms with Crippen molar-refractivity contribution in [2.75, 3.05) is 58.9 Å². The molecule has 10 amide bonds. The van der Waals surface area contributed by atoms with Crippen LogP contribution in [0.3, 0.4) is 0 Å². The van der Waals surface area contributed by atoms with Crippen molar-refractivity contribution < 1.29 is 132 Å². The normalized spacial score (nSPS) is 14.4. The fourth-order valence-corrected chi connectivity index (χ4v) is 2.31. The minimum absolute atomic E-state index is 0. The molecular formula is C20H30N10O7Y3-6. The minimum atomic E-state index is -0.497. The van der Waals surface area contributed by atoms with Crippen molar-refractivity contribution in [1.82, 2.24) is 30.7 Å². The molecular weight excluding hydrogens is 759 g/mol. The van der Waals surface area contributed by atoms with Gasteiger partial charge < -0.3 is 81.1 Å². The number of urea groups is 3. The molecule has 17 nitrogen and oxygen atoms in total. The molecule has 3 rings (SSSR count). The fraction of sp³-hybridized carbons (Fsp3) is 0.500. The van der Waals surface area contributed by atoms with Crippen molar-refractivity contribution >= 4 is 43.2 Å². The number of carbonyl (C=O) groups is 4. The molecule has 0 atom stereocenters. The Kier molecular flexibility index (Phi) is 41.7. The first-order chi connectivity index (χ1) is 17.7. The van der Waals surface area contributed by atoms with Gasteiger partial charge in [0.05, 0.1) is 0 Å². The largest absolute Gasteiger partial charge is 0.516 e. The van der Waals surface area contributed by atoms with Gasteiger partial charge in [0.1, 0.15) is 0 Å². The van der Waals surface area contributed by atoms with Gasteiger partial charge in [-0.2, -0.15) is 0 Å². The molecule has 40 heavy (non-hydrogen) atoms. The van der Waals surface area contributed by atoms with E-state index < -0.39 is 5.91 Å². The van der Waals surface area contributed by atoms with E-state index in [1.807, 2.05) is 0 Å². The second-order valence-corrected chi connectivity index (χ2v) is 6.35. The van der Waals surface area contributed by atoms with Crippen LogP contribution in [-0.4, -0.2) is 117 Å². The summed E-state index contributed by atoms with van der Waals surface area (Å²) in [5.74, 6) is -0.497. The van der Waals surface area contributed by atoms with Crippen LogP contribution in [0.15, 0.2) is 20.5 Å². The molecule has 0 aromatic carbocycles. The molecule has 217 valence electrons. The van der Waals surface area contributed by atoms with Crippen molar-refractivity contribution in [2.24, 2.45) is 20.5 Å². The Labute approximate surface area is 309 Å². The SMILES string of the molecule is CC(=O)N=N[C-]=O.O=[C-]N=N[C-]=O.[CH2-]CN1CCNC1=O.[CH2-]CN1CCNC1=O.[CH2-]CN1CCNC1=O.[Y].[Y].[Y]. The van der Waals surface area contributed by atoms with Crippen LogP contribution in [0.4, 0.5) is 14.4 Å². The summed E-state index contributed by atoms with van der Waals surface area (Å²) in [5.41, 5.74) is 0. The molecule has 3 N–H and O–H groups in total. The first-order valence-corrected chi connectivity index (χ1v) is 10.6. The molecule has 0 aromatic heterocycles. The van der Waals surface area contributed by atoms with Gasteiger partial charge >= 0.3 is 18.1 Å². The number of nitrogens with one attached hydrogen (secondary N) is 3. The molecule has 3 aliphatic rings. The third kappa shape index (κ3) is 27.2. The summed E-state index contributed by atoms with van der Waals surface area (Å²) in [7, 11) is 0. The van der Waals surface area contributed by atoms with E-state index in [4.69, 9.17) is 9.59 Å². The molecule has 0 unspecified atom stereocenters. The Morgan fingerprint density at radius 3 is 1.05 bits per heavy atom. The molecule has 3 aliphatic heterocycles. The number of nitrogens with zero attached hydrogens (tertiary/aromatic N) is 7. The summed E-state index contributed by atoms with van der Waals surface area (Å²) in [6.45, 7) is 18.4. The van der Waals surface area contributed by atoms with Crippen LogP contribution in [0.25, 0.3) is 0 Å². The standard InChI is InChI=1S/3C5H9N2O.C3H3N2O2.C2N2O2.3Y/c3*1-2-7-4-3-6-5(7)8;1-3(7)5-4-2-6;5-1-3-4-2-6;;;/h3*1-4H2,(H,6,8);1H3;;;;/q4*-1;-2;;;. The van der Waals surface area contributed by atoms with Gasteiger partial charge in [-0.25, -0.2) is 14.4 Å². The van der Waals surface area contributed by atoms with E-state index in [2.05, 4.69) is 57.2 Å². The molecule has 0 aliphatic carbocycles. The van der Waals surface area contributed by atoms with Crippen LogP contribution >= 0.6 is 0 Å². The van der Waals surface area contributed by atoms with Gasteiger partial charge in [0.25, 0.3) is 5.91 Å². The number of rotatable bonds is 6. The number of hydrogen-bond acceptors (Lipinski definition) is 7. The monoisotopic (exact) mass is 789 g/mol. The van der Waals surface area contributed by atoms with Gasteiger partial charge in [-0.15, -0.1) is 44.0 Å². The van der Waals surface area contributed by atoms with Crippen LogP contribution in [0.2, 0.25) is 0 Å². The molecule has 0 saturated carbocycles. The van der Waals surface area contributed by atoms with Crippen LogP contribution in [0.1, 0.15) is 6.92 Å². The first kappa shape index (κ1) is 48.7. The Bertz CT molecular complexity index is 735. The van der Waals surface area contributed by atoms with Crippen molar-refractivity contribution in [3.8, 4) is 0 Å². The van der Waals surface area contributed by atoms with Crippen molar-refractivity contribution in [3.05, 3.63) is 20.8 Å². The molecule has 3 saturated heterocycles. The van der Waals surface area contributed by atoms with Gasteiger partial charge in [0.2, 0.25) is 0 Å². The summed E-state index contributed by atoms with van der Waals surface area (Å²) >= 11 is 0. The molecule has 20 heteroatoms. The Balaban J connectivity index is -0.000000126. The van der Waals surface area contributed by atoms with Crippen molar-refractivity contribution in [2.45, 2.75) is 6.92 Å². The van der Waals surface area contributed by atoms with E-state index in [-0.39, 0.29) is 116 Å². The van der Waals surface area contributed by atoms with E-state index in [0.29, 0.717) is 19.6 Å². The third-order valence-corrected chi connectivity index (χ3v) is 4.01. The maximum absolute atomic E-state index is 10.6. The quantitative estimate of drug-likeness (QED) is 0.229. The van der Waals surface area contributed by atoms with E-state index in [0.717, 1.165) is 58.5 Å². The summed E-state index contributed by atoms with van der Waals surface area (Å²) in [6, 6.07) is 0.0417. The zero-order chi connectivity index (χ0) is 28.5. The number of amides is 10. The fourth-order valence-electron chi connectivity index (χ4n) is 2.31. The first-order valence-electron chi connectivity index (χ1n) is 10.6. The van der Waals surface area contributed by atoms with E-state index in [1.54, 1.807) is 14.7 Å². The zero-order valence-corrected chi connectivity index (χ0v) is 30.7.